The maximum atomic E-state index is 12.5. The van der Waals surface area contributed by atoms with Crippen LogP contribution in [0.4, 0.5) is 0 Å². The molecule has 0 aliphatic carbocycles. The molecule has 22 heavy (non-hydrogen) atoms. The van der Waals surface area contributed by atoms with Gasteiger partial charge in [-0.1, -0.05) is 0 Å². The summed E-state index contributed by atoms with van der Waals surface area (Å²) in [5, 5.41) is 0. The van der Waals surface area contributed by atoms with Gasteiger partial charge in [0.2, 0.25) is 0 Å². The molecular formula is C16H22N2O4. The molecule has 1 saturated heterocycles. The van der Waals surface area contributed by atoms with Gasteiger partial charge < -0.3 is 20.1 Å². The molecule has 1 aromatic rings. The molecule has 2 amide bonds. The largest absolute Gasteiger partial charge is 0.484 e. The van der Waals surface area contributed by atoms with Gasteiger partial charge in [-0.15, -0.1) is 0 Å². The summed E-state index contributed by atoms with van der Waals surface area (Å²) >= 11 is 0. The van der Waals surface area contributed by atoms with Gasteiger partial charge in [-0.05, 0) is 44.0 Å². The average Bonchev–Trinajstić information content (AvgIpc) is 3.03. The first kappa shape index (κ1) is 16.3. The highest BCUT2D eigenvalue weighted by molar-refractivity contribution is 5.94. The summed E-state index contributed by atoms with van der Waals surface area (Å²) in [6.07, 6.45) is 2.20. The highest BCUT2D eigenvalue weighted by Gasteiger charge is 2.22. The number of rotatable bonds is 7. The van der Waals surface area contributed by atoms with E-state index in [9.17, 15) is 9.59 Å². The Kier molecular flexibility index (Phi) is 5.77. The molecule has 6 nitrogen and oxygen atoms in total. The fraction of sp³-hybridized carbons (Fsp3) is 0.500. The predicted octanol–water partition coefficient (Wildman–Crippen LogP) is 1.19. The Balaban J connectivity index is 1.96. The number of nitrogens with zero attached hydrogens (tertiary/aromatic N) is 1. The van der Waals surface area contributed by atoms with Crippen LogP contribution in [-0.4, -0.2) is 49.1 Å². The first-order chi connectivity index (χ1) is 10.6. The van der Waals surface area contributed by atoms with Gasteiger partial charge in [-0.25, -0.2) is 0 Å². The number of primary amides is 1. The van der Waals surface area contributed by atoms with E-state index in [2.05, 4.69) is 0 Å². The summed E-state index contributed by atoms with van der Waals surface area (Å²) in [6.45, 7) is 3.82. The molecule has 1 heterocycles. The topological polar surface area (TPSA) is 81.9 Å². The summed E-state index contributed by atoms with van der Waals surface area (Å²) in [7, 11) is 0. The lowest BCUT2D eigenvalue weighted by molar-refractivity contribution is -0.119. The minimum Gasteiger partial charge on any atom is -0.484 e. The normalized spacial score (nSPS) is 17.2. The zero-order chi connectivity index (χ0) is 15.9. The molecule has 0 spiro atoms. The Bertz CT molecular complexity index is 509. The Morgan fingerprint density at radius 1 is 1.36 bits per heavy atom. The van der Waals surface area contributed by atoms with Crippen LogP contribution in [-0.2, 0) is 9.53 Å². The predicted molar refractivity (Wildman–Crippen MR) is 81.7 cm³/mol. The van der Waals surface area contributed by atoms with Crippen molar-refractivity contribution in [3.63, 3.8) is 0 Å². The Labute approximate surface area is 130 Å². The van der Waals surface area contributed by atoms with E-state index in [0.717, 1.165) is 19.4 Å². The van der Waals surface area contributed by atoms with Gasteiger partial charge in [0.25, 0.3) is 11.8 Å². The number of amides is 2. The number of ether oxygens (including phenoxy) is 2. The number of likely N-dealkylation sites (N-methyl/N-ethyl adjacent to an activating group) is 1. The molecule has 2 rings (SSSR count). The van der Waals surface area contributed by atoms with E-state index < -0.39 is 5.91 Å². The molecular weight excluding hydrogens is 284 g/mol. The van der Waals surface area contributed by atoms with E-state index in [0.29, 0.717) is 24.4 Å². The molecule has 1 unspecified atom stereocenters. The lowest BCUT2D eigenvalue weighted by atomic mass is 10.1. The maximum Gasteiger partial charge on any atom is 0.255 e. The molecule has 0 radical (unpaired) electrons. The fourth-order valence-corrected chi connectivity index (χ4v) is 2.42. The number of carbonyl (C=O) groups is 2. The zero-order valence-electron chi connectivity index (χ0n) is 12.8. The lowest BCUT2D eigenvalue weighted by Crippen LogP contribution is -2.37. The van der Waals surface area contributed by atoms with Crippen LogP contribution in [0.1, 0.15) is 30.1 Å². The molecule has 0 bridgehead atoms. The number of hydrogen-bond donors (Lipinski definition) is 1. The van der Waals surface area contributed by atoms with E-state index >= 15 is 0 Å². The van der Waals surface area contributed by atoms with Crippen molar-refractivity contribution in [2.75, 3.05) is 26.3 Å². The van der Waals surface area contributed by atoms with Crippen LogP contribution in [0.3, 0.4) is 0 Å². The number of carbonyl (C=O) groups excluding carboxylic acids is 2. The second-order valence-corrected chi connectivity index (χ2v) is 5.26. The van der Waals surface area contributed by atoms with Gasteiger partial charge in [0, 0.05) is 25.3 Å². The monoisotopic (exact) mass is 306 g/mol. The van der Waals surface area contributed by atoms with Crippen LogP contribution >= 0.6 is 0 Å². The van der Waals surface area contributed by atoms with Gasteiger partial charge in [0.1, 0.15) is 5.75 Å². The van der Waals surface area contributed by atoms with Crippen molar-refractivity contribution in [1.29, 1.82) is 0 Å². The zero-order valence-corrected chi connectivity index (χ0v) is 12.8. The second kappa shape index (κ2) is 7.79. The summed E-state index contributed by atoms with van der Waals surface area (Å²) in [5.41, 5.74) is 5.61. The summed E-state index contributed by atoms with van der Waals surface area (Å²) < 4.78 is 10.8. The first-order valence-electron chi connectivity index (χ1n) is 7.52. The molecule has 1 atom stereocenters. The van der Waals surface area contributed by atoms with Crippen molar-refractivity contribution in [3.05, 3.63) is 29.8 Å². The van der Waals surface area contributed by atoms with Gasteiger partial charge in [0.05, 0.1) is 6.10 Å². The van der Waals surface area contributed by atoms with E-state index in [1.54, 1.807) is 29.2 Å². The van der Waals surface area contributed by atoms with Gasteiger partial charge in [-0.3, -0.25) is 9.59 Å². The third-order valence-corrected chi connectivity index (χ3v) is 3.60. The number of nitrogens with two attached hydrogens (primary N) is 1. The van der Waals surface area contributed by atoms with Crippen molar-refractivity contribution in [3.8, 4) is 5.75 Å². The smallest absolute Gasteiger partial charge is 0.255 e. The summed E-state index contributed by atoms with van der Waals surface area (Å²) in [6, 6.07) is 6.71. The quantitative estimate of drug-likeness (QED) is 0.820. The third-order valence-electron chi connectivity index (χ3n) is 3.60. The maximum absolute atomic E-state index is 12.5. The number of hydrogen-bond acceptors (Lipinski definition) is 4. The van der Waals surface area contributed by atoms with Crippen LogP contribution in [0.25, 0.3) is 0 Å². The molecule has 1 aromatic carbocycles. The fourth-order valence-electron chi connectivity index (χ4n) is 2.42. The average molecular weight is 306 g/mol. The standard InChI is InChI=1S/C16H22N2O4/c1-2-18(10-14-4-3-9-21-14)16(20)12-5-7-13(8-6-12)22-11-15(17)19/h5-8,14H,2-4,9-11H2,1H3,(H2,17,19). The van der Waals surface area contributed by atoms with Crippen LogP contribution < -0.4 is 10.5 Å². The Hall–Kier alpha value is -2.08. The van der Waals surface area contributed by atoms with Crippen LogP contribution in [0.15, 0.2) is 24.3 Å². The molecule has 2 N–H and O–H groups in total. The van der Waals surface area contributed by atoms with E-state index in [1.807, 2.05) is 6.92 Å². The SMILES string of the molecule is CCN(CC1CCCO1)C(=O)c1ccc(OCC(N)=O)cc1. The van der Waals surface area contributed by atoms with E-state index in [1.165, 1.54) is 0 Å². The van der Waals surface area contributed by atoms with Crippen LogP contribution in [0.5, 0.6) is 5.75 Å². The van der Waals surface area contributed by atoms with Gasteiger partial charge in [-0.2, -0.15) is 0 Å². The molecule has 0 aromatic heterocycles. The second-order valence-electron chi connectivity index (χ2n) is 5.26. The van der Waals surface area contributed by atoms with Crippen LogP contribution in [0.2, 0.25) is 0 Å². The molecule has 1 fully saturated rings. The van der Waals surface area contributed by atoms with Crippen molar-refractivity contribution in [2.24, 2.45) is 5.73 Å². The lowest BCUT2D eigenvalue weighted by Gasteiger charge is -2.24. The Morgan fingerprint density at radius 3 is 2.64 bits per heavy atom. The molecule has 0 saturated carbocycles. The number of benzene rings is 1. The molecule has 1 aliphatic rings. The van der Waals surface area contributed by atoms with Gasteiger partial charge in [0.15, 0.2) is 6.61 Å². The van der Waals surface area contributed by atoms with Crippen LogP contribution in [0, 0.1) is 0 Å². The third kappa shape index (κ3) is 4.46. The summed E-state index contributed by atoms with van der Waals surface area (Å²) in [5.74, 6) is -0.0501. The van der Waals surface area contributed by atoms with Crippen molar-refractivity contribution >= 4 is 11.8 Å². The summed E-state index contributed by atoms with van der Waals surface area (Å²) in [4.78, 5) is 24.9. The molecule has 120 valence electrons. The van der Waals surface area contributed by atoms with E-state index in [4.69, 9.17) is 15.2 Å². The minimum atomic E-state index is -0.533. The van der Waals surface area contributed by atoms with Crippen molar-refractivity contribution in [1.82, 2.24) is 4.90 Å². The highest BCUT2D eigenvalue weighted by atomic mass is 16.5. The van der Waals surface area contributed by atoms with Crippen molar-refractivity contribution in [2.45, 2.75) is 25.9 Å². The first-order valence-corrected chi connectivity index (χ1v) is 7.52. The molecule has 6 heteroatoms. The van der Waals surface area contributed by atoms with Gasteiger partial charge >= 0.3 is 0 Å². The minimum absolute atomic E-state index is 0.0283. The van der Waals surface area contributed by atoms with E-state index in [-0.39, 0.29) is 18.6 Å². The Morgan fingerprint density at radius 2 is 2.09 bits per heavy atom. The van der Waals surface area contributed by atoms with Crippen molar-refractivity contribution < 1.29 is 19.1 Å². The molecule has 1 aliphatic heterocycles. The highest BCUT2D eigenvalue weighted by Crippen LogP contribution is 2.17.